The Bertz CT molecular complexity index is 1120. The molecule has 1 N–H and O–H groups in total. The van der Waals surface area contributed by atoms with Crippen LogP contribution < -0.4 is 4.74 Å². The SMILES string of the molecule is CCOC(=O)c1ccc(OC[C@H](O)CSc2nnc3sc4ccccc4n23)cc1. The Morgan fingerprint density at radius 3 is 2.79 bits per heavy atom. The van der Waals surface area contributed by atoms with Gasteiger partial charge in [-0.15, -0.1) is 10.2 Å². The van der Waals surface area contributed by atoms with Gasteiger partial charge in [0.2, 0.25) is 4.96 Å². The molecule has 0 saturated carbocycles. The molecule has 0 fully saturated rings. The number of carbonyl (C=O) groups excluding carboxylic acids is 1. The van der Waals surface area contributed by atoms with E-state index in [1.165, 1.54) is 11.8 Å². The predicted octanol–water partition coefficient (Wildman–Crippen LogP) is 3.65. The van der Waals surface area contributed by atoms with Crippen molar-refractivity contribution in [3.8, 4) is 5.75 Å². The molecule has 0 saturated heterocycles. The van der Waals surface area contributed by atoms with E-state index in [0.29, 0.717) is 23.7 Å². The van der Waals surface area contributed by atoms with Gasteiger partial charge < -0.3 is 14.6 Å². The number of para-hydroxylation sites is 1. The first kappa shape index (κ1) is 19.7. The Morgan fingerprint density at radius 2 is 2.00 bits per heavy atom. The van der Waals surface area contributed by atoms with Crippen LogP contribution in [0.1, 0.15) is 17.3 Å². The van der Waals surface area contributed by atoms with Crippen LogP contribution >= 0.6 is 23.1 Å². The third-order valence-corrected chi connectivity index (χ3v) is 6.21. The first-order valence-corrected chi connectivity index (χ1v) is 10.9. The summed E-state index contributed by atoms with van der Waals surface area (Å²) in [6, 6.07) is 14.7. The molecule has 0 aliphatic heterocycles. The topological polar surface area (TPSA) is 86.0 Å². The number of aliphatic hydroxyl groups is 1. The van der Waals surface area contributed by atoms with Gasteiger partial charge in [0.25, 0.3) is 0 Å². The average molecular weight is 430 g/mol. The molecule has 2 aromatic carbocycles. The summed E-state index contributed by atoms with van der Waals surface area (Å²) >= 11 is 3.02. The number of thiazole rings is 1. The second-order valence-electron chi connectivity index (χ2n) is 6.19. The van der Waals surface area contributed by atoms with Gasteiger partial charge in [0.15, 0.2) is 5.16 Å². The van der Waals surface area contributed by atoms with E-state index in [1.54, 1.807) is 42.5 Å². The Morgan fingerprint density at radius 1 is 1.21 bits per heavy atom. The number of aliphatic hydroxyl groups excluding tert-OH is 1. The monoisotopic (exact) mass is 429 g/mol. The quantitative estimate of drug-likeness (QED) is 0.338. The molecule has 1 atom stereocenters. The molecule has 7 nitrogen and oxygen atoms in total. The normalized spacial score (nSPS) is 12.3. The summed E-state index contributed by atoms with van der Waals surface area (Å²) in [6.07, 6.45) is -0.679. The molecule has 0 spiro atoms. The van der Waals surface area contributed by atoms with Crippen LogP contribution in [0.2, 0.25) is 0 Å². The lowest BCUT2D eigenvalue weighted by molar-refractivity contribution is 0.0526. The van der Waals surface area contributed by atoms with Gasteiger partial charge in [-0.2, -0.15) is 0 Å². The fourth-order valence-corrected chi connectivity index (χ4v) is 4.63. The first-order valence-electron chi connectivity index (χ1n) is 9.09. The van der Waals surface area contributed by atoms with Crippen LogP contribution in [0.25, 0.3) is 15.2 Å². The Kier molecular flexibility index (Phi) is 5.98. The van der Waals surface area contributed by atoms with Crippen LogP contribution in [0.5, 0.6) is 5.75 Å². The molecule has 29 heavy (non-hydrogen) atoms. The van der Waals surface area contributed by atoms with Crippen molar-refractivity contribution in [1.29, 1.82) is 0 Å². The predicted molar refractivity (Wildman–Crippen MR) is 113 cm³/mol. The average Bonchev–Trinajstić information content (AvgIpc) is 3.30. The van der Waals surface area contributed by atoms with Gasteiger partial charge >= 0.3 is 5.97 Å². The number of fused-ring (bicyclic) bond motifs is 3. The summed E-state index contributed by atoms with van der Waals surface area (Å²) in [5.41, 5.74) is 1.53. The number of nitrogens with zero attached hydrogens (tertiary/aromatic N) is 3. The van der Waals surface area contributed by atoms with Crippen LogP contribution in [0.15, 0.2) is 53.7 Å². The van der Waals surface area contributed by atoms with E-state index in [9.17, 15) is 9.90 Å². The third-order valence-electron chi connectivity index (χ3n) is 4.12. The van der Waals surface area contributed by atoms with Crippen molar-refractivity contribution in [2.75, 3.05) is 19.0 Å². The van der Waals surface area contributed by atoms with E-state index >= 15 is 0 Å². The molecule has 0 bridgehead atoms. The van der Waals surface area contributed by atoms with Gasteiger partial charge in [-0.25, -0.2) is 4.79 Å². The smallest absolute Gasteiger partial charge is 0.338 e. The second kappa shape index (κ2) is 8.81. The zero-order valence-corrected chi connectivity index (χ0v) is 17.3. The van der Waals surface area contributed by atoms with E-state index in [0.717, 1.165) is 20.3 Å². The largest absolute Gasteiger partial charge is 0.491 e. The summed E-state index contributed by atoms with van der Waals surface area (Å²) in [5, 5.41) is 19.5. The lowest BCUT2D eigenvalue weighted by Gasteiger charge is -2.12. The van der Waals surface area contributed by atoms with E-state index in [-0.39, 0.29) is 12.6 Å². The van der Waals surface area contributed by atoms with Gasteiger partial charge in [-0.1, -0.05) is 35.2 Å². The van der Waals surface area contributed by atoms with Crippen molar-refractivity contribution >= 4 is 44.2 Å². The molecule has 4 rings (SSSR count). The molecule has 0 unspecified atom stereocenters. The molecule has 0 aliphatic carbocycles. The van der Waals surface area contributed by atoms with Crippen molar-refractivity contribution in [2.45, 2.75) is 18.2 Å². The van der Waals surface area contributed by atoms with Crippen LogP contribution in [0, 0.1) is 0 Å². The molecule has 0 radical (unpaired) electrons. The highest BCUT2D eigenvalue weighted by molar-refractivity contribution is 7.99. The molecule has 0 aliphatic rings. The number of rotatable bonds is 8. The molecule has 4 aromatic rings. The van der Waals surface area contributed by atoms with Crippen LogP contribution in [-0.2, 0) is 4.74 Å². The molecule has 9 heteroatoms. The van der Waals surface area contributed by atoms with E-state index in [4.69, 9.17) is 9.47 Å². The van der Waals surface area contributed by atoms with Crippen LogP contribution in [0.3, 0.4) is 0 Å². The van der Waals surface area contributed by atoms with E-state index < -0.39 is 6.10 Å². The maximum Gasteiger partial charge on any atom is 0.338 e. The summed E-state index contributed by atoms with van der Waals surface area (Å²) < 4.78 is 13.7. The lowest BCUT2D eigenvalue weighted by atomic mass is 10.2. The van der Waals surface area contributed by atoms with Gasteiger partial charge in [-0.05, 0) is 43.3 Å². The second-order valence-corrected chi connectivity index (χ2v) is 8.19. The minimum atomic E-state index is -0.679. The zero-order chi connectivity index (χ0) is 20.2. The Hall–Kier alpha value is -2.62. The molecule has 150 valence electrons. The lowest BCUT2D eigenvalue weighted by Crippen LogP contribution is -2.20. The number of carbonyl (C=O) groups is 1. The zero-order valence-electron chi connectivity index (χ0n) is 15.6. The summed E-state index contributed by atoms with van der Waals surface area (Å²) in [7, 11) is 0. The Balaban J connectivity index is 1.33. The summed E-state index contributed by atoms with van der Waals surface area (Å²) in [5.74, 6) is 0.637. The van der Waals surface area contributed by atoms with Crippen LogP contribution in [-0.4, -0.2) is 50.7 Å². The number of hydrogen-bond donors (Lipinski definition) is 1. The minimum absolute atomic E-state index is 0.137. The first-order chi connectivity index (χ1) is 14.2. The van der Waals surface area contributed by atoms with Gasteiger partial charge in [-0.3, -0.25) is 4.40 Å². The van der Waals surface area contributed by atoms with Crippen molar-refractivity contribution in [3.63, 3.8) is 0 Å². The maximum atomic E-state index is 11.7. The number of thioether (sulfide) groups is 1. The fourth-order valence-electron chi connectivity index (χ4n) is 2.76. The van der Waals surface area contributed by atoms with Gasteiger partial charge in [0, 0.05) is 5.75 Å². The standard InChI is InChI=1S/C20H19N3O4S2/c1-2-26-18(25)13-7-9-15(10-8-13)27-11-14(24)12-28-19-21-22-20-23(19)16-5-3-4-6-17(16)29-20/h3-10,14,24H,2,11-12H2,1H3/t14-/m0/s1. The third kappa shape index (κ3) is 4.36. The van der Waals surface area contributed by atoms with Crippen molar-refractivity contribution in [2.24, 2.45) is 0 Å². The summed E-state index contributed by atoms with van der Waals surface area (Å²) in [4.78, 5) is 12.5. The number of aromatic nitrogens is 3. The Labute approximate surface area is 175 Å². The van der Waals surface area contributed by atoms with Gasteiger partial charge in [0.1, 0.15) is 12.4 Å². The van der Waals surface area contributed by atoms with Crippen molar-refractivity contribution < 1.29 is 19.4 Å². The summed E-state index contributed by atoms with van der Waals surface area (Å²) in [6.45, 7) is 2.23. The van der Waals surface area contributed by atoms with Crippen molar-refractivity contribution in [1.82, 2.24) is 14.6 Å². The van der Waals surface area contributed by atoms with Crippen molar-refractivity contribution in [3.05, 3.63) is 54.1 Å². The maximum absolute atomic E-state index is 11.7. The molecular formula is C20H19N3O4S2. The number of esters is 1. The highest BCUT2D eigenvalue weighted by Gasteiger charge is 2.15. The fraction of sp³-hybridized carbons (Fsp3) is 0.250. The molecule has 2 heterocycles. The van der Waals surface area contributed by atoms with Gasteiger partial charge in [0.05, 0.1) is 28.5 Å². The number of hydrogen-bond acceptors (Lipinski definition) is 8. The molecule has 2 aromatic heterocycles. The highest BCUT2D eigenvalue weighted by Crippen LogP contribution is 2.29. The number of ether oxygens (including phenoxy) is 2. The molecular weight excluding hydrogens is 410 g/mol. The molecule has 0 amide bonds. The van der Waals surface area contributed by atoms with Crippen LogP contribution in [0.4, 0.5) is 0 Å². The van der Waals surface area contributed by atoms with E-state index in [2.05, 4.69) is 16.3 Å². The number of benzene rings is 2. The highest BCUT2D eigenvalue weighted by atomic mass is 32.2. The van der Waals surface area contributed by atoms with E-state index in [1.807, 2.05) is 22.6 Å². The minimum Gasteiger partial charge on any atom is -0.491 e.